The first kappa shape index (κ1) is 14.7. The molecule has 1 aromatic carbocycles. The normalized spacial score (nSPS) is 14.0. The molecule has 19 heavy (non-hydrogen) atoms. The number of alkyl halides is 1. The summed E-state index contributed by atoms with van der Waals surface area (Å²) in [4.78, 5) is 4.57. The van der Waals surface area contributed by atoms with Crippen LogP contribution in [0.2, 0.25) is 5.02 Å². The molecule has 1 heterocycles. The van der Waals surface area contributed by atoms with Crippen LogP contribution in [0.3, 0.4) is 0 Å². The minimum atomic E-state index is 0.257. The van der Waals surface area contributed by atoms with Crippen LogP contribution in [-0.4, -0.2) is 9.55 Å². The Kier molecular flexibility index (Phi) is 4.12. The Morgan fingerprint density at radius 1 is 1.32 bits per heavy atom. The van der Waals surface area contributed by atoms with Crippen molar-refractivity contribution in [1.29, 1.82) is 0 Å². The Bertz CT molecular complexity index is 582. The molecular weight excluding hydrogens is 279 g/mol. The van der Waals surface area contributed by atoms with Crippen molar-refractivity contribution in [1.82, 2.24) is 9.55 Å². The van der Waals surface area contributed by atoms with Gasteiger partial charge in [0.15, 0.2) is 0 Å². The Hall–Kier alpha value is -0.730. The monoisotopic (exact) mass is 298 g/mol. The van der Waals surface area contributed by atoms with E-state index in [1.54, 1.807) is 0 Å². The van der Waals surface area contributed by atoms with Gasteiger partial charge in [0.25, 0.3) is 0 Å². The standard InChI is InChI=1S/C15H20Cl2N2/c1-10(15(2,3)4)9-19-13-6-5-11(17)7-12(13)18-14(19)8-16/h5-7,10H,8-9H2,1-4H3. The number of hydrogen-bond donors (Lipinski definition) is 0. The van der Waals surface area contributed by atoms with E-state index in [4.69, 9.17) is 23.2 Å². The molecular formula is C15H20Cl2N2. The molecule has 0 saturated heterocycles. The highest BCUT2D eigenvalue weighted by Gasteiger charge is 2.22. The summed E-state index contributed by atoms with van der Waals surface area (Å²) in [6.45, 7) is 9.96. The van der Waals surface area contributed by atoms with Crippen LogP contribution in [0.5, 0.6) is 0 Å². The predicted molar refractivity (Wildman–Crippen MR) is 82.9 cm³/mol. The van der Waals surface area contributed by atoms with E-state index < -0.39 is 0 Å². The molecule has 2 rings (SSSR count). The van der Waals surface area contributed by atoms with E-state index >= 15 is 0 Å². The fourth-order valence-electron chi connectivity index (χ4n) is 2.01. The largest absolute Gasteiger partial charge is 0.327 e. The van der Waals surface area contributed by atoms with Crippen LogP contribution in [0.25, 0.3) is 11.0 Å². The van der Waals surface area contributed by atoms with E-state index in [-0.39, 0.29) is 5.41 Å². The van der Waals surface area contributed by atoms with Crippen LogP contribution in [0, 0.1) is 11.3 Å². The molecule has 0 spiro atoms. The topological polar surface area (TPSA) is 17.8 Å². The predicted octanol–water partition coefficient (Wildman–Crippen LogP) is 5.11. The molecule has 0 radical (unpaired) electrons. The highest BCUT2D eigenvalue weighted by atomic mass is 35.5. The molecule has 0 aliphatic carbocycles. The number of hydrogen-bond acceptors (Lipinski definition) is 1. The molecule has 104 valence electrons. The molecule has 0 amide bonds. The van der Waals surface area contributed by atoms with Gasteiger partial charge >= 0.3 is 0 Å². The highest BCUT2D eigenvalue weighted by molar-refractivity contribution is 6.31. The van der Waals surface area contributed by atoms with Crippen molar-refractivity contribution in [3.63, 3.8) is 0 Å². The Morgan fingerprint density at radius 2 is 2.00 bits per heavy atom. The van der Waals surface area contributed by atoms with Crippen LogP contribution in [0.15, 0.2) is 18.2 Å². The molecule has 0 N–H and O–H groups in total. The van der Waals surface area contributed by atoms with Crippen LogP contribution in [0.4, 0.5) is 0 Å². The lowest BCUT2D eigenvalue weighted by Gasteiger charge is -2.28. The Labute approximate surface area is 124 Å². The average molecular weight is 299 g/mol. The van der Waals surface area contributed by atoms with Gasteiger partial charge in [-0.1, -0.05) is 39.3 Å². The van der Waals surface area contributed by atoms with Gasteiger partial charge in [0, 0.05) is 11.6 Å². The maximum absolute atomic E-state index is 6.02. The average Bonchev–Trinajstić information content (AvgIpc) is 2.65. The minimum Gasteiger partial charge on any atom is -0.327 e. The van der Waals surface area contributed by atoms with E-state index in [1.165, 1.54) is 0 Å². The lowest BCUT2D eigenvalue weighted by atomic mass is 9.82. The smallest absolute Gasteiger partial charge is 0.124 e. The molecule has 0 bridgehead atoms. The van der Waals surface area contributed by atoms with E-state index in [0.29, 0.717) is 16.8 Å². The molecule has 2 aromatic rings. The summed E-state index contributed by atoms with van der Waals surface area (Å²) in [6, 6.07) is 5.82. The zero-order valence-corrected chi connectivity index (χ0v) is 13.4. The zero-order valence-electron chi connectivity index (χ0n) is 11.9. The summed E-state index contributed by atoms with van der Waals surface area (Å²) < 4.78 is 2.22. The molecule has 1 atom stereocenters. The molecule has 0 aliphatic rings. The third-order valence-electron chi connectivity index (χ3n) is 3.84. The lowest BCUT2D eigenvalue weighted by molar-refractivity contribution is 0.233. The number of benzene rings is 1. The molecule has 1 unspecified atom stereocenters. The zero-order chi connectivity index (χ0) is 14.2. The summed E-state index contributed by atoms with van der Waals surface area (Å²) >= 11 is 12.0. The van der Waals surface area contributed by atoms with Crippen molar-refractivity contribution >= 4 is 34.2 Å². The van der Waals surface area contributed by atoms with Gasteiger partial charge in [0.05, 0.1) is 16.9 Å². The summed E-state index contributed by atoms with van der Waals surface area (Å²) in [5, 5.41) is 0.710. The maximum Gasteiger partial charge on any atom is 0.124 e. The Balaban J connectivity index is 2.46. The quantitative estimate of drug-likeness (QED) is 0.720. The number of imidazole rings is 1. The number of aromatic nitrogens is 2. The van der Waals surface area contributed by atoms with Crippen molar-refractivity contribution in [3.8, 4) is 0 Å². The molecule has 4 heteroatoms. The van der Waals surface area contributed by atoms with Crippen molar-refractivity contribution in [2.24, 2.45) is 11.3 Å². The van der Waals surface area contributed by atoms with Crippen molar-refractivity contribution in [2.75, 3.05) is 0 Å². The van der Waals surface area contributed by atoms with Gasteiger partial charge in [-0.05, 0) is 29.5 Å². The van der Waals surface area contributed by atoms with Gasteiger partial charge in [0.2, 0.25) is 0 Å². The molecule has 1 aromatic heterocycles. The van der Waals surface area contributed by atoms with Crippen LogP contribution < -0.4 is 0 Å². The number of fused-ring (bicyclic) bond motifs is 1. The molecule has 0 aliphatic heterocycles. The van der Waals surface area contributed by atoms with Crippen molar-refractivity contribution in [3.05, 3.63) is 29.0 Å². The van der Waals surface area contributed by atoms with Gasteiger partial charge in [-0.2, -0.15) is 0 Å². The third-order valence-corrected chi connectivity index (χ3v) is 4.32. The fraction of sp³-hybridized carbons (Fsp3) is 0.533. The van der Waals surface area contributed by atoms with E-state index in [0.717, 1.165) is 23.4 Å². The molecule has 0 saturated carbocycles. The SMILES string of the molecule is CC(Cn1c(CCl)nc2cc(Cl)ccc21)C(C)(C)C. The number of rotatable bonds is 3. The molecule has 0 fully saturated rings. The van der Waals surface area contributed by atoms with E-state index in [9.17, 15) is 0 Å². The van der Waals surface area contributed by atoms with Crippen molar-refractivity contribution < 1.29 is 0 Å². The number of nitrogens with zero attached hydrogens (tertiary/aromatic N) is 2. The molecule has 2 nitrogen and oxygen atoms in total. The van der Waals surface area contributed by atoms with Gasteiger partial charge in [-0.25, -0.2) is 4.98 Å². The lowest BCUT2D eigenvalue weighted by Crippen LogP contribution is -2.23. The minimum absolute atomic E-state index is 0.257. The van der Waals surface area contributed by atoms with Crippen LogP contribution >= 0.6 is 23.2 Å². The summed E-state index contributed by atoms with van der Waals surface area (Å²) in [7, 11) is 0. The Morgan fingerprint density at radius 3 is 2.58 bits per heavy atom. The van der Waals surface area contributed by atoms with Gasteiger partial charge in [0.1, 0.15) is 5.82 Å². The van der Waals surface area contributed by atoms with E-state index in [1.807, 2.05) is 18.2 Å². The van der Waals surface area contributed by atoms with Crippen LogP contribution in [-0.2, 0) is 12.4 Å². The van der Waals surface area contributed by atoms with Gasteiger partial charge in [-0.3, -0.25) is 0 Å². The highest BCUT2D eigenvalue weighted by Crippen LogP contribution is 2.29. The van der Waals surface area contributed by atoms with Crippen molar-refractivity contribution in [2.45, 2.75) is 40.1 Å². The fourth-order valence-corrected chi connectivity index (χ4v) is 2.38. The first-order chi connectivity index (χ1) is 8.82. The number of halogens is 2. The van der Waals surface area contributed by atoms with Gasteiger partial charge < -0.3 is 4.57 Å². The maximum atomic E-state index is 6.02. The summed E-state index contributed by atoms with van der Waals surface area (Å²) in [5.41, 5.74) is 2.28. The van der Waals surface area contributed by atoms with E-state index in [2.05, 4.69) is 37.2 Å². The van der Waals surface area contributed by atoms with Gasteiger partial charge in [-0.15, -0.1) is 11.6 Å². The first-order valence-electron chi connectivity index (χ1n) is 6.53. The van der Waals surface area contributed by atoms with Crippen LogP contribution in [0.1, 0.15) is 33.5 Å². The summed E-state index contributed by atoms with van der Waals surface area (Å²) in [6.07, 6.45) is 0. The third kappa shape index (κ3) is 3.06. The first-order valence-corrected chi connectivity index (χ1v) is 7.45. The second-order valence-electron chi connectivity index (χ2n) is 6.17. The second kappa shape index (κ2) is 5.34. The summed E-state index contributed by atoms with van der Waals surface area (Å²) in [5.74, 6) is 1.86. The second-order valence-corrected chi connectivity index (χ2v) is 6.88.